The zero-order valence-corrected chi connectivity index (χ0v) is 11.3. The first-order chi connectivity index (χ1) is 9.08. The molecular weight excluding hydrogens is 266 g/mol. The Morgan fingerprint density at radius 1 is 1.16 bits per heavy atom. The second-order valence-electron chi connectivity index (χ2n) is 4.29. The van der Waals surface area contributed by atoms with Crippen LogP contribution in [0.5, 0.6) is 0 Å². The summed E-state index contributed by atoms with van der Waals surface area (Å²) in [5.74, 6) is -1.62. The summed E-state index contributed by atoms with van der Waals surface area (Å²) in [6, 6.07) is 11.7. The normalized spacial score (nSPS) is 12.4. The first-order valence-corrected chi connectivity index (χ1v) is 6.88. The lowest BCUT2D eigenvalue weighted by Gasteiger charge is -2.12. The standard InChI is InChI=1S/C15H14F2OS/c1-10-4-2-5-11(8-10)19-9-14(18)12-6-3-7-13(16)15(12)17/h2-8,14,18H,9H2,1H3. The van der Waals surface area contributed by atoms with Crippen LogP contribution in [0, 0.1) is 18.6 Å². The summed E-state index contributed by atoms with van der Waals surface area (Å²) in [4.78, 5) is 0.996. The Kier molecular flexibility index (Phi) is 4.56. The van der Waals surface area contributed by atoms with Crippen molar-refractivity contribution in [1.82, 2.24) is 0 Å². The summed E-state index contributed by atoms with van der Waals surface area (Å²) in [6.07, 6.45) is -1.03. The van der Waals surface area contributed by atoms with E-state index >= 15 is 0 Å². The number of hydrogen-bond donors (Lipinski definition) is 1. The summed E-state index contributed by atoms with van der Waals surface area (Å²) >= 11 is 1.41. The van der Waals surface area contributed by atoms with Crippen molar-refractivity contribution in [2.24, 2.45) is 0 Å². The highest BCUT2D eigenvalue weighted by atomic mass is 32.2. The summed E-state index contributed by atoms with van der Waals surface area (Å²) in [6.45, 7) is 1.98. The van der Waals surface area contributed by atoms with Crippen molar-refractivity contribution in [2.45, 2.75) is 17.9 Å². The molecule has 4 heteroatoms. The maximum Gasteiger partial charge on any atom is 0.164 e. The Morgan fingerprint density at radius 3 is 2.63 bits per heavy atom. The Hall–Kier alpha value is -1.39. The van der Waals surface area contributed by atoms with Gasteiger partial charge in [-0.25, -0.2) is 8.78 Å². The molecule has 0 saturated heterocycles. The van der Waals surface area contributed by atoms with E-state index in [4.69, 9.17) is 0 Å². The molecule has 19 heavy (non-hydrogen) atoms. The molecule has 1 N–H and O–H groups in total. The molecule has 0 aliphatic heterocycles. The molecule has 0 heterocycles. The van der Waals surface area contributed by atoms with E-state index in [0.717, 1.165) is 16.5 Å². The number of thioether (sulfide) groups is 1. The molecule has 0 aliphatic carbocycles. The minimum atomic E-state index is -1.03. The predicted octanol–water partition coefficient (Wildman–Crippen LogP) is 4.10. The molecule has 0 radical (unpaired) electrons. The van der Waals surface area contributed by atoms with Crippen molar-refractivity contribution in [3.63, 3.8) is 0 Å². The zero-order valence-electron chi connectivity index (χ0n) is 10.4. The fourth-order valence-corrected chi connectivity index (χ4v) is 2.72. The van der Waals surface area contributed by atoms with Crippen molar-refractivity contribution in [2.75, 3.05) is 5.75 Å². The van der Waals surface area contributed by atoms with Gasteiger partial charge in [-0.3, -0.25) is 0 Å². The molecule has 0 spiro atoms. The van der Waals surface area contributed by atoms with Gasteiger partial charge in [0.2, 0.25) is 0 Å². The van der Waals surface area contributed by atoms with Gasteiger partial charge in [-0.05, 0) is 25.1 Å². The van der Waals surface area contributed by atoms with Gasteiger partial charge in [0.05, 0.1) is 6.10 Å². The summed E-state index contributed by atoms with van der Waals surface area (Å²) in [7, 11) is 0. The van der Waals surface area contributed by atoms with Crippen LogP contribution in [0.4, 0.5) is 8.78 Å². The number of hydrogen-bond acceptors (Lipinski definition) is 2. The number of aliphatic hydroxyl groups excluding tert-OH is 1. The molecule has 2 aromatic carbocycles. The minimum Gasteiger partial charge on any atom is -0.387 e. The molecule has 0 amide bonds. The maximum absolute atomic E-state index is 13.5. The van der Waals surface area contributed by atoms with E-state index in [-0.39, 0.29) is 11.3 Å². The number of aryl methyl sites for hydroxylation is 1. The van der Waals surface area contributed by atoms with E-state index in [1.54, 1.807) is 0 Å². The van der Waals surface area contributed by atoms with Crippen LogP contribution in [0.1, 0.15) is 17.2 Å². The fourth-order valence-electron chi connectivity index (χ4n) is 1.75. The molecule has 1 atom stereocenters. The summed E-state index contributed by atoms with van der Waals surface area (Å²) < 4.78 is 26.6. The van der Waals surface area contributed by atoms with Gasteiger partial charge in [-0.15, -0.1) is 11.8 Å². The van der Waals surface area contributed by atoms with E-state index in [0.29, 0.717) is 0 Å². The molecule has 2 aromatic rings. The van der Waals surface area contributed by atoms with Crippen LogP contribution in [-0.4, -0.2) is 10.9 Å². The Labute approximate surface area is 115 Å². The molecule has 2 rings (SSSR count). The lowest BCUT2D eigenvalue weighted by atomic mass is 10.1. The van der Waals surface area contributed by atoms with Crippen LogP contribution in [0.3, 0.4) is 0 Å². The predicted molar refractivity (Wildman–Crippen MR) is 73.2 cm³/mol. The number of aliphatic hydroxyl groups is 1. The van der Waals surface area contributed by atoms with Crippen LogP contribution in [-0.2, 0) is 0 Å². The molecule has 1 unspecified atom stereocenters. The van der Waals surface area contributed by atoms with Crippen LogP contribution in [0.25, 0.3) is 0 Å². The van der Waals surface area contributed by atoms with Gasteiger partial charge in [-0.1, -0.05) is 29.8 Å². The molecule has 0 fully saturated rings. The van der Waals surface area contributed by atoms with Gasteiger partial charge in [0, 0.05) is 16.2 Å². The molecule has 1 nitrogen and oxygen atoms in total. The minimum absolute atomic E-state index is 0.000142. The highest BCUT2D eigenvalue weighted by Gasteiger charge is 2.15. The number of rotatable bonds is 4. The van der Waals surface area contributed by atoms with Crippen molar-refractivity contribution in [3.05, 3.63) is 65.2 Å². The smallest absolute Gasteiger partial charge is 0.164 e. The van der Waals surface area contributed by atoms with Gasteiger partial charge < -0.3 is 5.11 Å². The van der Waals surface area contributed by atoms with Gasteiger partial charge in [0.15, 0.2) is 11.6 Å². The van der Waals surface area contributed by atoms with Crippen molar-refractivity contribution >= 4 is 11.8 Å². The topological polar surface area (TPSA) is 20.2 Å². The molecule has 0 bridgehead atoms. The first-order valence-electron chi connectivity index (χ1n) is 5.89. The van der Waals surface area contributed by atoms with Crippen LogP contribution in [0.2, 0.25) is 0 Å². The van der Waals surface area contributed by atoms with Crippen LogP contribution < -0.4 is 0 Å². The number of benzene rings is 2. The molecule has 0 saturated carbocycles. The SMILES string of the molecule is Cc1cccc(SCC(O)c2cccc(F)c2F)c1. The highest BCUT2D eigenvalue weighted by molar-refractivity contribution is 7.99. The maximum atomic E-state index is 13.5. The van der Waals surface area contributed by atoms with E-state index in [9.17, 15) is 13.9 Å². The second kappa shape index (κ2) is 6.17. The zero-order chi connectivity index (χ0) is 13.8. The summed E-state index contributed by atoms with van der Waals surface area (Å²) in [5.41, 5.74) is 1.12. The lowest BCUT2D eigenvalue weighted by molar-refractivity contribution is 0.197. The highest BCUT2D eigenvalue weighted by Crippen LogP contribution is 2.27. The van der Waals surface area contributed by atoms with Crippen LogP contribution in [0.15, 0.2) is 47.4 Å². The molecule has 0 aromatic heterocycles. The monoisotopic (exact) mass is 280 g/mol. The molecule has 0 aliphatic rings. The Bertz CT molecular complexity index is 572. The average molecular weight is 280 g/mol. The third kappa shape index (κ3) is 3.55. The van der Waals surface area contributed by atoms with E-state index in [1.165, 1.54) is 23.9 Å². The third-order valence-corrected chi connectivity index (χ3v) is 3.81. The van der Waals surface area contributed by atoms with Gasteiger partial charge >= 0.3 is 0 Å². The Morgan fingerprint density at radius 2 is 1.89 bits per heavy atom. The van der Waals surface area contributed by atoms with Crippen molar-refractivity contribution in [1.29, 1.82) is 0 Å². The fraction of sp³-hybridized carbons (Fsp3) is 0.200. The van der Waals surface area contributed by atoms with Crippen molar-refractivity contribution < 1.29 is 13.9 Å². The van der Waals surface area contributed by atoms with Crippen LogP contribution >= 0.6 is 11.8 Å². The van der Waals surface area contributed by atoms with Crippen molar-refractivity contribution in [3.8, 4) is 0 Å². The van der Waals surface area contributed by atoms with Gasteiger partial charge in [-0.2, -0.15) is 0 Å². The molecular formula is C15H14F2OS. The third-order valence-electron chi connectivity index (χ3n) is 2.74. The summed E-state index contributed by atoms with van der Waals surface area (Å²) in [5, 5.41) is 9.93. The van der Waals surface area contributed by atoms with E-state index in [1.807, 2.05) is 31.2 Å². The largest absolute Gasteiger partial charge is 0.387 e. The van der Waals surface area contributed by atoms with Gasteiger partial charge in [0.25, 0.3) is 0 Å². The van der Waals surface area contributed by atoms with Gasteiger partial charge in [0.1, 0.15) is 0 Å². The van der Waals surface area contributed by atoms with E-state index < -0.39 is 17.7 Å². The lowest BCUT2D eigenvalue weighted by Crippen LogP contribution is -2.05. The van der Waals surface area contributed by atoms with E-state index in [2.05, 4.69) is 0 Å². The Balaban J connectivity index is 2.05. The number of halogens is 2. The molecule has 100 valence electrons. The quantitative estimate of drug-likeness (QED) is 0.851. The first kappa shape index (κ1) is 14.0. The second-order valence-corrected chi connectivity index (χ2v) is 5.38. The average Bonchev–Trinajstić information content (AvgIpc) is 2.39.